The first-order chi connectivity index (χ1) is 11.0. The molecule has 1 aromatic rings. The van der Waals surface area contributed by atoms with Crippen LogP contribution in [0.5, 0.6) is 0 Å². The van der Waals surface area contributed by atoms with E-state index in [1.807, 2.05) is 43.4 Å². The molecule has 1 aliphatic rings. The minimum atomic E-state index is -1.03. The molecule has 0 spiro atoms. The van der Waals surface area contributed by atoms with Crippen molar-refractivity contribution in [2.75, 3.05) is 5.75 Å². The van der Waals surface area contributed by atoms with Gasteiger partial charge in [-0.15, -0.1) is 11.8 Å². The maximum absolute atomic E-state index is 11.1. The van der Waals surface area contributed by atoms with Crippen LogP contribution in [0, 0.1) is 0 Å². The fourth-order valence-corrected chi connectivity index (χ4v) is 2.91. The van der Waals surface area contributed by atoms with Crippen molar-refractivity contribution in [1.82, 2.24) is 10.3 Å². The van der Waals surface area contributed by atoms with Crippen LogP contribution in [0.15, 0.2) is 41.5 Å². The Labute approximate surface area is 139 Å². The molecule has 1 aliphatic carbocycles. The molecule has 2 rings (SSSR count). The Morgan fingerprint density at radius 1 is 1.39 bits per heavy atom. The topological polar surface area (TPSA) is 79.3 Å². The van der Waals surface area contributed by atoms with Gasteiger partial charge in [0, 0.05) is 24.4 Å². The summed E-state index contributed by atoms with van der Waals surface area (Å²) in [6.45, 7) is 3.23. The molecule has 6 heteroatoms. The minimum Gasteiger partial charge on any atom is -0.480 e. The molecule has 1 aromatic heterocycles. The maximum atomic E-state index is 11.1. The molecule has 120 valence electrons. The van der Waals surface area contributed by atoms with E-state index in [-0.39, 0.29) is 11.7 Å². The van der Waals surface area contributed by atoms with Gasteiger partial charge in [0.05, 0.1) is 5.69 Å². The molecule has 0 saturated heterocycles. The van der Waals surface area contributed by atoms with Gasteiger partial charge in [-0.2, -0.15) is 0 Å². The van der Waals surface area contributed by atoms with Crippen LogP contribution < -0.4 is 5.32 Å². The third kappa shape index (κ3) is 4.82. The quantitative estimate of drug-likeness (QED) is 0.838. The molecule has 0 saturated carbocycles. The molecular weight excluding hydrogens is 312 g/mol. The first-order valence-corrected chi connectivity index (χ1v) is 8.10. The molecular formula is C17H18N2O3S. The lowest BCUT2D eigenvalue weighted by Gasteiger charge is -2.12. The molecule has 1 heterocycles. The number of thioether (sulfide) groups is 1. The Morgan fingerprint density at radius 2 is 2.17 bits per heavy atom. The molecule has 0 radical (unpaired) electrons. The molecule has 0 bridgehead atoms. The van der Waals surface area contributed by atoms with Crippen molar-refractivity contribution >= 4 is 35.3 Å². The van der Waals surface area contributed by atoms with E-state index in [1.165, 1.54) is 18.7 Å². The fraction of sp³-hybridized carbons (Fsp3) is 0.235. The third-order valence-electron chi connectivity index (χ3n) is 3.22. The molecule has 2 N–H and O–H groups in total. The lowest BCUT2D eigenvalue weighted by Crippen LogP contribution is -2.41. The molecule has 23 heavy (non-hydrogen) atoms. The summed E-state index contributed by atoms with van der Waals surface area (Å²) in [5.41, 5.74) is 3.11. The van der Waals surface area contributed by atoms with E-state index in [0.29, 0.717) is 0 Å². The van der Waals surface area contributed by atoms with Crippen molar-refractivity contribution in [3.05, 3.63) is 52.7 Å². The van der Waals surface area contributed by atoms with Gasteiger partial charge in [-0.3, -0.25) is 9.78 Å². The van der Waals surface area contributed by atoms with Crippen molar-refractivity contribution in [1.29, 1.82) is 0 Å². The Bertz CT molecular complexity index is 708. The Kier molecular flexibility index (Phi) is 5.76. The van der Waals surface area contributed by atoms with Gasteiger partial charge < -0.3 is 10.4 Å². The van der Waals surface area contributed by atoms with Gasteiger partial charge in [0.25, 0.3) is 0 Å². The first-order valence-electron chi connectivity index (χ1n) is 7.12. The molecule has 0 aliphatic heterocycles. The lowest BCUT2D eigenvalue weighted by molar-refractivity contribution is -0.140. The first kappa shape index (κ1) is 17.0. The molecule has 1 atom stereocenters. The summed E-state index contributed by atoms with van der Waals surface area (Å²) in [6, 6.07) is 3.03. The summed E-state index contributed by atoms with van der Waals surface area (Å²) in [4.78, 5) is 27.3. The number of carboxylic acid groups (broad SMARTS) is 1. The minimum absolute atomic E-state index is 0.286. The number of carbonyl (C=O) groups is 2. The number of aromatic nitrogens is 1. The zero-order valence-electron chi connectivity index (χ0n) is 12.9. The largest absolute Gasteiger partial charge is 0.480 e. The number of allylic oxidation sites excluding steroid dienone is 5. The zero-order valence-corrected chi connectivity index (χ0v) is 13.8. The molecule has 0 fully saturated rings. The van der Waals surface area contributed by atoms with E-state index in [2.05, 4.69) is 10.3 Å². The van der Waals surface area contributed by atoms with Crippen LogP contribution in [-0.4, -0.2) is 33.8 Å². The van der Waals surface area contributed by atoms with Crippen LogP contribution >= 0.6 is 11.8 Å². The van der Waals surface area contributed by atoms with Gasteiger partial charge in [-0.25, -0.2) is 4.79 Å². The van der Waals surface area contributed by atoms with Gasteiger partial charge in [0.2, 0.25) is 5.91 Å². The number of hydrogen-bond acceptors (Lipinski definition) is 4. The summed E-state index contributed by atoms with van der Waals surface area (Å²) in [5, 5.41) is 11.5. The van der Waals surface area contributed by atoms with Crippen LogP contribution in [0.25, 0.3) is 11.6 Å². The van der Waals surface area contributed by atoms with Crippen LogP contribution in [0.3, 0.4) is 0 Å². The van der Waals surface area contributed by atoms with Crippen molar-refractivity contribution in [2.24, 2.45) is 0 Å². The number of carbonyl (C=O) groups excluding carboxylic acids is 1. The highest BCUT2D eigenvalue weighted by Crippen LogP contribution is 2.27. The van der Waals surface area contributed by atoms with Gasteiger partial charge in [0.15, 0.2) is 0 Å². The number of aliphatic carboxylic acids is 1. The SMILES string of the molecule is CC(=O)N[C@H](CS/C(C)=C\C=C1\C=Cc2ncccc21)C(=O)O. The lowest BCUT2D eigenvalue weighted by atomic mass is 10.1. The highest BCUT2D eigenvalue weighted by molar-refractivity contribution is 8.03. The average Bonchev–Trinajstić information content (AvgIpc) is 2.92. The van der Waals surface area contributed by atoms with Crippen LogP contribution in [0.2, 0.25) is 0 Å². The van der Waals surface area contributed by atoms with E-state index in [1.54, 1.807) is 6.20 Å². The zero-order chi connectivity index (χ0) is 16.8. The van der Waals surface area contributed by atoms with Gasteiger partial charge >= 0.3 is 5.97 Å². The van der Waals surface area contributed by atoms with E-state index in [9.17, 15) is 9.59 Å². The van der Waals surface area contributed by atoms with Crippen LogP contribution in [0.4, 0.5) is 0 Å². The van der Waals surface area contributed by atoms with Crippen molar-refractivity contribution in [2.45, 2.75) is 19.9 Å². The smallest absolute Gasteiger partial charge is 0.327 e. The third-order valence-corrected chi connectivity index (χ3v) is 4.31. The number of nitrogens with zero attached hydrogens (tertiary/aromatic N) is 1. The van der Waals surface area contributed by atoms with E-state index >= 15 is 0 Å². The Morgan fingerprint density at radius 3 is 2.87 bits per heavy atom. The van der Waals surface area contributed by atoms with Gasteiger partial charge in [0.1, 0.15) is 6.04 Å². The number of nitrogens with one attached hydrogen (secondary N) is 1. The standard InChI is InChI=1S/C17H18N2O3S/c1-11(23-10-16(17(21)22)19-12(2)20)5-6-13-7-8-15-14(13)4-3-9-18-15/h3-9,16H,10H2,1-2H3,(H,19,20)(H,21,22)/b11-5-,13-6-/t16-/m1/s1. The van der Waals surface area contributed by atoms with Crippen LogP contribution in [-0.2, 0) is 9.59 Å². The van der Waals surface area contributed by atoms with Crippen molar-refractivity contribution < 1.29 is 14.7 Å². The van der Waals surface area contributed by atoms with E-state index in [0.717, 1.165) is 21.7 Å². The summed E-state index contributed by atoms with van der Waals surface area (Å²) in [6.07, 6.45) is 9.66. The number of hydrogen-bond donors (Lipinski definition) is 2. The van der Waals surface area contributed by atoms with E-state index in [4.69, 9.17) is 5.11 Å². The second-order valence-corrected chi connectivity index (χ2v) is 6.34. The van der Waals surface area contributed by atoms with Crippen molar-refractivity contribution in [3.63, 3.8) is 0 Å². The summed E-state index contributed by atoms with van der Waals surface area (Å²) in [7, 11) is 0. The second kappa shape index (κ2) is 7.78. The van der Waals surface area contributed by atoms with Crippen LogP contribution in [0.1, 0.15) is 25.1 Å². The summed E-state index contributed by atoms with van der Waals surface area (Å²) in [5.74, 6) is -1.09. The Balaban J connectivity index is 1.98. The molecule has 0 aromatic carbocycles. The number of carboxylic acids is 1. The predicted molar refractivity (Wildman–Crippen MR) is 92.7 cm³/mol. The summed E-state index contributed by atoms with van der Waals surface area (Å²) < 4.78 is 0. The predicted octanol–water partition coefficient (Wildman–Crippen LogP) is 2.72. The molecule has 0 unspecified atom stereocenters. The number of amides is 1. The second-order valence-electron chi connectivity index (χ2n) is 5.07. The molecule has 5 nitrogen and oxygen atoms in total. The van der Waals surface area contributed by atoms with Crippen molar-refractivity contribution in [3.8, 4) is 0 Å². The highest BCUT2D eigenvalue weighted by atomic mass is 32.2. The maximum Gasteiger partial charge on any atom is 0.327 e. The Hall–Kier alpha value is -2.34. The van der Waals surface area contributed by atoms with Gasteiger partial charge in [-0.1, -0.05) is 24.3 Å². The number of pyridine rings is 1. The monoisotopic (exact) mass is 330 g/mol. The normalized spacial score (nSPS) is 16.3. The molecule has 1 amide bonds. The fourth-order valence-electron chi connectivity index (χ4n) is 2.09. The van der Waals surface area contributed by atoms with Gasteiger partial charge in [-0.05, 0) is 29.5 Å². The summed E-state index contributed by atoms with van der Waals surface area (Å²) >= 11 is 1.40. The number of fused-ring (bicyclic) bond motifs is 1. The average molecular weight is 330 g/mol. The number of rotatable bonds is 6. The highest BCUT2D eigenvalue weighted by Gasteiger charge is 2.18. The van der Waals surface area contributed by atoms with E-state index < -0.39 is 12.0 Å².